The molecule has 0 unspecified atom stereocenters. The number of unbranched alkanes of at least 4 members (excludes halogenated alkanes) is 6. The van der Waals surface area contributed by atoms with Gasteiger partial charge >= 0.3 is 0 Å². The number of ether oxygens (including phenoxy) is 2. The van der Waals surface area contributed by atoms with Crippen molar-refractivity contribution in [2.75, 3.05) is 18.9 Å². The summed E-state index contributed by atoms with van der Waals surface area (Å²) in [4.78, 5) is 13.7. The maximum atomic E-state index is 13.7. The zero-order valence-electron chi connectivity index (χ0n) is 23.3. The van der Waals surface area contributed by atoms with Crippen LogP contribution in [0, 0.1) is 0 Å². The van der Waals surface area contributed by atoms with Gasteiger partial charge in [0.15, 0.2) is 5.75 Å². The van der Waals surface area contributed by atoms with Gasteiger partial charge in [-0.25, -0.2) is 0 Å². The van der Waals surface area contributed by atoms with E-state index in [2.05, 4.69) is 46.8 Å². The lowest BCUT2D eigenvalue weighted by molar-refractivity contribution is 0.275. The molecule has 36 heavy (non-hydrogen) atoms. The number of allylic oxidation sites excluding steroid dienone is 3. The number of hydrogen-bond donors (Lipinski definition) is 1. The first-order chi connectivity index (χ1) is 17.4. The molecule has 2 aromatic rings. The average molecular weight is 497 g/mol. The van der Waals surface area contributed by atoms with Crippen LogP contribution in [0.3, 0.4) is 0 Å². The minimum absolute atomic E-state index is 0.135. The van der Waals surface area contributed by atoms with Crippen molar-refractivity contribution in [1.82, 2.24) is 4.57 Å². The van der Waals surface area contributed by atoms with E-state index in [4.69, 9.17) is 15.2 Å². The van der Waals surface area contributed by atoms with Gasteiger partial charge in [-0.15, -0.1) is 0 Å². The first-order valence-electron chi connectivity index (χ1n) is 13.9. The number of rotatable bonds is 17. The topological polar surface area (TPSA) is 66.5 Å². The average Bonchev–Trinajstić information content (AvgIpc) is 2.84. The van der Waals surface area contributed by atoms with E-state index < -0.39 is 0 Å². The van der Waals surface area contributed by atoms with Crippen LogP contribution >= 0.6 is 0 Å². The Hall–Kier alpha value is -2.69. The molecular formula is C31H48N2O3. The minimum Gasteiger partial charge on any atom is -0.489 e. The first kappa shape index (κ1) is 29.5. The fraction of sp³-hybridized carbons (Fsp3) is 0.581. The number of pyridine rings is 1. The molecule has 0 aliphatic carbocycles. The van der Waals surface area contributed by atoms with Gasteiger partial charge < -0.3 is 19.8 Å². The van der Waals surface area contributed by atoms with Crippen LogP contribution in [0.2, 0.25) is 0 Å². The molecule has 0 spiro atoms. The Balaban J connectivity index is 2.39. The van der Waals surface area contributed by atoms with Crippen molar-refractivity contribution in [3.05, 3.63) is 51.9 Å². The summed E-state index contributed by atoms with van der Waals surface area (Å²) in [5, 5.41) is 0.883. The van der Waals surface area contributed by atoms with Crippen LogP contribution in [0.1, 0.15) is 98.8 Å². The van der Waals surface area contributed by atoms with Gasteiger partial charge in [-0.2, -0.15) is 0 Å². The molecule has 0 amide bonds. The molecule has 0 radical (unpaired) electrons. The van der Waals surface area contributed by atoms with Crippen LogP contribution in [0.4, 0.5) is 5.69 Å². The highest BCUT2D eigenvalue weighted by Crippen LogP contribution is 2.34. The Labute approximate surface area is 218 Å². The highest BCUT2D eigenvalue weighted by molar-refractivity contribution is 5.90. The van der Waals surface area contributed by atoms with E-state index >= 15 is 0 Å². The van der Waals surface area contributed by atoms with Gasteiger partial charge in [-0.05, 0) is 70.7 Å². The van der Waals surface area contributed by atoms with Gasteiger partial charge in [-0.1, -0.05) is 69.6 Å². The summed E-state index contributed by atoms with van der Waals surface area (Å²) in [6, 6.07) is 5.72. The van der Waals surface area contributed by atoms with Crippen LogP contribution in [0.5, 0.6) is 11.5 Å². The number of nitrogen functional groups attached to an aromatic ring is 1. The van der Waals surface area contributed by atoms with Gasteiger partial charge in [-0.3, -0.25) is 4.79 Å². The second-order valence-corrected chi connectivity index (χ2v) is 10.0. The van der Waals surface area contributed by atoms with E-state index in [1.807, 2.05) is 22.8 Å². The molecule has 2 rings (SSSR count). The van der Waals surface area contributed by atoms with Gasteiger partial charge in [0.25, 0.3) is 5.56 Å². The molecule has 1 aromatic carbocycles. The van der Waals surface area contributed by atoms with Crippen molar-refractivity contribution < 1.29 is 9.47 Å². The number of benzene rings is 1. The highest BCUT2D eigenvalue weighted by Gasteiger charge is 2.20. The molecule has 5 nitrogen and oxygen atoms in total. The van der Waals surface area contributed by atoms with E-state index in [0.717, 1.165) is 62.3 Å². The minimum atomic E-state index is -0.135. The normalized spacial score (nSPS) is 11.6. The monoisotopic (exact) mass is 496 g/mol. The number of anilines is 1. The van der Waals surface area contributed by atoms with E-state index in [1.165, 1.54) is 24.0 Å². The van der Waals surface area contributed by atoms with Crippen molar-refractivity contribution in [2.45, 2.75) is 105 Å². The molecule has 0 bridgehead atoms. The lowest BCUT2D eigenvalue weighted by Crippen LogP contribution is -2.24. The fourth-order valence-electron chi connectivity index (χ4n) is 4.27. The van der Waals surface area contributed by atoms with Crippen molar-refractivity contribution in [3.63, 3.8) is 0 Å². The van der Waals surface area contributed by atoms with Crippen LogP contribution in [0.25, 0.3) is 10.9 Å². The largest absolute Gasteiger partial charge is 0.489 e. The van der Waals surface area contributed by atoms with Crippen LogP contribution < -0.4 is 20.8 Å². The van der Waals surface area contributed by atoms with Crippen molar-refractivity contribution in [2.24, 2.45) is 0 Å². The fourth-order valence-corrected chi connectivity index (χ4v) is 4.27. The quantitative estimate of drug-likeness (QED) is 0.136. The Morgan fingerprint density at radius 2 is 1.64 bits per heavy atom. The predicted octanol–water partition coefficient (Wildman–Crippen LogP) is 8.19. The summed E-state index contributed by atoms with van der Waals surface area (Å²) in [5.74, 6) is 0.860. The molecule has 2 N–H and O–H groups in total. The standard InChI is InChI=1S/C31H48N2O3/c1-6-8-10-12-20-33-28-23-26(32)17-18-27(28)29(35-21-13-11-9-7-2)30(31(33)34)36-22-19-25(5)16-14-15-24(3)4/h15,17-19,23H,6-14,16,20-22,32H2,1-5H3/b25-19+. The Morgan fingerprint density at radius 1 is 0.917 bits per heavy atom. The van der Waals surface area contributed by atoms with Crippen molar-refractivity contribution >= 4 is 16.6 Å². The van der Waals surface area contributed by atoms with E-state index in [9.17, 15) is 4.79 Å². The molecule has 0 fully saturated rings. The second-order valence-electron chi connectivity index (χ2n) is 10.0. The number of fused-ring (bicyclic) bond motifs is 1. The van der Waals surface area contributed by atoms with Crippen molar-refractivity contribution in [3.8, 4) is 11.5 Å². The van der Waals surface area contributed by atoms with Crippen LogP contribution in [-0.2, 0) is 6.54 Å². The predicted molar refractivity (Wildman–Crippen MR) is 154 cm³/mol. The summed E-state index contributed by atoms with van der Waals surface area (Å²) >= 11 is 0. The van der Waals surface area contributed by atoms with Crippen LogP contribution in [-0.4, -0.2) is 17.8 Å². The number of nitrogens with two attached hydrogens (primary N) is 1. The number of aryl methyl sites for hydroxylation is 1. The molecule has 0 aliphatic rings. The third-order valence-corrected chi connectivity index (χ3v) is 6.43. The number of hydrogen-bond acceptors (Lipinski definition) is 4. The molecule has 0 aliphatic heterocycles. The number of nitrogens with zero attached hydrogens (tertiary/aromatic N) is 1. The summed E-state index contributed by atoms with van der Waals surface area (Å²) in [6.07, 6.45) is 15.1. The molecule has 1 aromatic heterocycles. The van der Waals surface area contributed by atoms with E-state index in [0.29, 0.717) is 36.9 Å². The summed E-state index contributed by atoms with van der Waals surface area (Å²) in [6.45, 7) is 12.3. The SMILES string of the molecule is CCCCCCOc1c(OC/C=C(\C)CCC=C(C)C)c(=O)n(CCCCCC)c2cc(N)ccc12. The number of aromatic nitrogens is 1. The van der Waals surface area contributed by atoms with Gasteiger partial charge in [0.2, 0.25) is 5.75 Å². The summed E-state index contributed by atoms with van der Waals surface area (Å²) in [5.41, 5.74) is 10.0. The third-order valence-electron chi connectivity index (χ3n) is 6.43. The van der Waals surface area contributed by atoms with Gasteiger partial charge in [0.05, 0.1) is 12.1 Å². The van der Waals surface area contributed by atoms with Crippen LogP contribution in [0.15, 0.2) is 46.3 Å². The summed E-state index contributed by atoms with van der Waals surface area (Å²) in [7, 11) is 0. The third kappa shape index (κ3) is 9.40. The Bertz CT molecular complexity index is 1060. The maximum Gasteiger partial charge on any atom is 0.297 e. The zero-order chi connectivity index (χ0) is 26.3. The molecule has 0 atom stereocenters. The first-order valence-corrected chi connectivity index (χ1v) is 13.9. The molecule has 200 valence electrons. The van der Waals surface area contributed by atoms with Gasteiger partial charge in [0, 0.05) is 17.6 Å². The molecular weight excluding hydrogens is 448 g/mol. The van der Waals surface area contributed by atoms with E-state index in [1.54, 1.807) is 0 Å². The maximum absolute atomic E-state index is 13.7. The van der Waals surface area contributed by atoms with Crippen molar-refractivity contribution in [1.29, 1.82) is 0 Å². The second kappa shape index (κ2) is 16.1. The van der Waals surface area contributed by atoms with E-state index in [-0.39, 0.29) is 5.56 Å². The summed E-state index contributed by atoms with van der Waals surface area (Å²) < 4.78 is 14.3. The molecule has 5 heteroatoms. The molecule has 0 saturated heterocycles. The Morgan fingerprint density at radius 3 is 2.33 bits per heavy atom. The Kier molecular flexibility index (Phi) is 13.2. The molecule has 1 heterocycles. The highest BCUT2D eigenvalue weighted by atomic mass is 16.5. The zero-order valence-corrected chi connectivity index (χ0v) is 23.3. The lowest BCUT2D eigenvalue weighted by atomic mass is 10.1. The molecule has 0 saturated carbocycles. The van der Waals surface area contributed by atoms with Gasteiger partial charge in [0.1, 0.15) is 6.61 Å². The smallest absolute Gasteiger partial charge is 0.297 e. The lowest BCUT2D eigenvalue weighted by Gasteiger charge is -2.19.